The van der Waals surface area contributed by atoms with E-state index in [1.165, 1.54) is 19.1 Å². The summed E-state index contributed by atoms with van der Waals surface area (Å²) in [6.45, 7) is 6.01. The van der Waals surface area contributed by atoms with Crippen LogP contribution in [0.3, 0.4) is 0 Å². The molecule has 0 unspecified atom stereocenters. The van der Waals surface area contributed by atoms with Crippen LogP contribution in [0.15, 0.2) is 10.7 Å². The minimum absolute atomic E-state index is 0.251. The van der Waals surface area contributed by atoms with E-state index in [2.05, 4.69) is 14.8 Å². The molecule has 0 radical (unpaired) electrons. The molecule has 0 bridgehead atoms. The van der Waals surface area contributed by atoms with Crippen LogP contribution in [0.5, 0.6) is 0 Å². The van der Waals surface area contributed by atoms with Crippen LogP contribution >= 0.6 is 0 Å². The lowest BCUT2D eigenvalue weighted by Crippen LogP contribution is -2.47. The van der Waals surface area contributed by atoms with E-state index in [9.17, 15) is 4.79 Å². The van der Waals surface area contributed by atoms with Gasteiger partial charge in [0.1, 0.15) is 6.26 Å². The van der Waals surface area contributed by atoms with Crippen LogP contribution in [0.25, 0.3) is 0 Å². The standard InChI is InChI=1S/C13H19N3O3/c1-2-18-12(17)11-9-19-13(14-11)16-7-5-15(6-8-16)10-3-4-10/h9-10H,2-8H2,1H3. The van der Waals surface area contributed by atoms with Crippen LogP contribution < -0.4 is 4.90 Å². The molecule has 0 N–H and O–H groups in total. The van der Waals surface area contributed by atoms with Crippen molar-refractivity contribution >= 4 is 12.0 Å². The zero-order valence-corrected chi connectivity index (χ0v) is 11.2. The van der Waals surface area contributed by atoms with E-state index in [1.807, 2.05) is 0 Å². The van der Waals surface area contributed by atoms with Gasteiger partial charge in [-0.25, -0.2) is 4.79 Å². The lowest BCUT2D eigenvalue weighted by atomic mass is 10.3. The van der Waals surface area contributed by atoms with Crippen molar-refractivity contribution in [2.45, 2.75) is 25.8 Å². The first kappa shape index (κ1) is 12.5. The molecule has 2 aliphatic rings. The molecule has 2 heterocycles. The van der Waals surface area contributed by atoms with Gasteiger partial charge in [0.05, 0.1) is 6.61 Å². The van der Waals surface area contributed by atoms with Crippen molar-refractivity contribution in [3.05, 3.63) is 12.0 Å². The summed E-state index contributed by atoms with van der Waals surface area (Å²) in [6, 6.07) is 1.33. The quantitative estimate of drug-likeness (QED) is 0.761. The molecule has 1 aromatic heterocycles. The SMILES string of the molecule is CCOC(=O)c1coc(N2CCN(C3CC3)CC2)n1. The van der Waals surface area contributed by atoms with Gasteiger partial charge < -0.3 is 14.1 Å². The van der Waals surface area contributed by atoms with Gasteiger partial charge in [0.15, 0.2) is 5.69 Å². The third kappa shape index (κ3) is 2.73. The van der Waals surface area contributed by atoms with Crippen molar-refractivity contribution in [3.8, 4) is 0 Å². The average Bonchev–Trinajstić information content (AvgIpc) is 3.16. The fraction of sp³-hybridized carbons (Fsp3) is 0.692. The zero-order valence-electron chi connectivity index (χ0n) is 11.2. The molecule has 0 amide bonds. The Hall–Kier alpha value is -1.56. The monoisotopic (exact) mass is 265 g/mol. The first-order valence-electron chi connectivity index (χ1n) is 6.89. The number of anilines is 1. The Labute approximate surface area is 112 Å². The second kappa shape index (κ2) is 5.21. The van der Waals surface area contributed by atoms with Crippen LogP contribution in [0.4, 0.5) is 6.01 Å². The van der Waals surface area contributed by atoms with Gasteiger partial charge >= 0.3 is 5.97 Å². The van der Waals surface area contributed by atoms with Gasteiger partial charge in [-0.2, -0.15) is 4.98 Å². The molecular formula is C13H19N3O3. The van der Waals surface area contributed by atoms with E-state index in [1.54, 1.807) is 6.92 Å². The summed E-state index contributed by atoms with van der Waals surface area (Å²) in [5.41, 5.74) is 0.251. The third-order valence-corrected chi connectivity index (χ3v) is 3.62. The van der Waals surface area contributed by atoms with E-state index in [-0.39, 0.29) is 5.69 Å². The molecule has 6 nitrogen and oxygen atoms in total. The number of ether oxygens (including phenoxy) is 1. The topological polar surface area (TPSA) is 58.8 Å². The van der Waals surface area contributed by atoms with E-state index in [0.717, 1.165) is 32.2 Å². The number of carbonyl (C=O) groups is 1. The number of aromatic nitrogens is 1. The number of nitrogens with zero attached hydrogens (tertiary/aromatic N) is 3. The molecule has 0 aromatic carbocycles. The van der Waals surface area contributed by atoms with Gasteiger partial charge in [-0.15, -0.1) is 0 Å². The average molecular weight is 265 g/mol. The highest BCUT2D eigenvalue weighted by Gasteiger charge is 2.32. The van der Waals surface area contributed by atoms with Crippen molar-refractivity contribution in [1.82, 2.24) is 9.88 Å². The number of carbonyl (C=O) groups excluding carboxylic acids is 1. The van der Waals surface area contributed by atoms with Gasteiger partial charge in [-0.3, -0.25) is 4.90 Å². The number of hydrogen-bond acceptors (Lipinski definition) is 6. The summed E-state index contributed by atoms with van der Waals surface area (Å²) in [5, 5.41) is 0. The minimum Gasteiger partial charge on any atom is -0.461 e. The molecule has 0 spiro atoms. The van der Waals surface area contributed by atoms with Gasteiger partial charge in [0.2, 0.25) is 0 Å². The van der Waals surface area contributed by atoms with E-state index < -0.39 is 5.97 Å². The molecule has 1 aliphatic heterocycles. The van der Waals surface area contributed by atoms with Gasteiger partial charge in [-0.05, 0) is 19.8 Å². The Morgan fingerprint density at radius 3 is 2.79 bits per heavy atom. The summed E-state index contributed by atoms with van der Waals surface area (Å²) in [6.07, 6.45) is 4.05. The molecule has 1 saturated heterocycles. The normalized spacial score (nSPS) is 20.6. The molecular weight excluding hydrogens is 246 g/mol. The first-order valence-corrected chi connectivity index (χ1v) is 6.89. The molecule has 3 rings (SSSR count). The van der Waals surface area contributed by atoms with Gasteiger partial charge in [-0.1, -0.05) is 0 Å². The number of rotatable bonds is 4. The zero-order chi connectivity index (χ0) is 13.2. The van der Waals surface area contributed by atoms with Gasteiger partial charge in [0, 0.05) is 32.2 Å². The Morgan fingerprint density at radius 2 is 2.16 bits per heavy atom. The lowest BCUT2D eigenvalue weighted by Gasteiger charge is -2.33. The Morgan fingerprint density at radius 1 is 1.42 bits per heavy atom. The molecule has 1 aromatic rings. The van der Waals surface area contributed by atoms with Crippen molar-refractivity contribution in [3.63, 3.8) is 0 Å². The van der Waals surface area contributed by atoms with E-state index >= 15 is 0 Å². The maximum Gasteiger partial charge on any atom is 0.360 e. The molecule has 0 atom stereocenters. The van der Waals surface area contributed by atoms with Crippen molar-refractivity contribution in [2.75, 3.05) is 37.7 Å². The Kier molecular flexibility index (Phi) is 3.42. The summed E-state index contributed by atoms with van der Waals surface area (Å²) in [5.74, 6) is -0.422. The maximum absolute atomic E-state index is 11.5. The highest BCUT2D eigenvalue weighted by atomic mass is 16.5. The summed E-state index contributed by atoms with van der Waals surface area (Å²) >= 11 is 0. The molecule has 2 fully saturated rings. The summed E-state index contributed by atoms with van der Waals surface area (Å²) < 4.78 is 10.3. The fourth-order valence-corrected chi connectivity index (χ4v) is 2.43. The summed E-state index contributed by atoms with van der Waals surface area (Å²) in [7, 11) is 0. The fourth-order valence-electron chi connectivity index (χ4n) is 2.43. The number of oxazole rings is 1. The first-order chi connectivity index (χ1) is 9.28. The molecule has 1 aliphatic carbocycles. The number of esters is 1. The number of piperazine rings is 1. The highest BCUT2D eigenvalue weighted by molar-refractivity contribution is 5.87. The van der Waals surface area contributed by atoms with Crippen LogP contribution in [0.1, 0.15) is 30.3 Å². The molecule has 104 valence electrons. The predicted molar refractivity (Wildman–Crippen MR) is 69.3 cm³/mol. The van der Waals surface area contributed by atoms with Crippen LogP contribution in [0, 0.1) is 0 Å². The van der Waals surface area contributed by atoms with Crippen molar-refractivity contribution in [2.24, 2.45) is 0 Å². The van der Waals surface area contributed by atoms with E-state index in [4.69, 9.17) is 9.15 Å². The third-order valence-electron chi connectivity index (χ3n) is 3.62. The molecule has 6 heteroatoms. The van der Waals surface area contributed by atoms with Crippen LogP contribution in [-0.2, 0) is 4.74 Å². The number of hydrogen-bond donors (Lipinski definition) is 0. The highest BCUT2D eigenvalue weighted by Crippen LogP contribution is 2.28. The Bertz CT molecular complexity index is 448. The molecule has 19 heavy (non-hydrogen) atoms. The minimum atomic E-state index is -0.422. The smallest absolute Gasteiger partial charge is 0.360 e. The second-order valence-corrected chi connectivity index (χ2v) is 4.99. The molecule has 1 saturated carbocycles. The Balaban J connectivity index is 1.58. The lowest BCUT2D eigenvalue weighted by molar-refractivity contribution is 0.0519. The summed E-state index contributed by atoms with van der Waals surface area (Å²) in [4.78, 5) is 20.3. The maximum atomic E-state index is 11.5. The van der Waals surface area contributed by atoms with Crippen molar-refractivity contribution in [1.29, 1.82) is 0 Å². The van der Waals surface area contributed by atoms with E-state index in [0.29, 0.717) is 12.6 Å². The van der Waals surface area contributed by atoms with Crippen LogP contribution in [-0.4, -0.2) is 54.7 Å². The largest absolute Gasteiger partial charge is 0.461 e. The van der Waals surface area contributed by atoms with Gasteiger partial charge in [0.25, 0.3) is 6.01 Å². The predicted octanol–water partition coefficient (Wildman–Crippen LogP) is 1.14. The second-order valence-electron chi connectivity index (χ2n) is 4.99. The van der Waals surface area contributed by atoms with Crippen molar-refractivity contribution < 1.29 is 13.9 Å². The van der Waals surface area contributed by atoms with Crippen LogP contribution in [0.2, 0.25) is 0 Å².